The lowest BCUT2D eigenvalue weighted by Crippen LogP contribution is -2.50. The maximum Gasteiger partial charge on any atom is 0.264 e. The van der Waals surface area contributed by atoms with E-state index in [0.29, 0.717) is 30.0 Å². The number of nitrogens with zero attached hydrogens (tertiary/aromatic N) is 2. The van der Waals surface area contributed by atoms with E-state index in [1.54, 1.807) is 18.2 Å². The molecule has 6 bridgehead atoms. The topological polar surface area (TPSA) is 93.2 Å². The van der Waals surface area contributed by atoms with E-state index in [1.165, 1.54) is 19.3 Å². The van der Waals surface area contributed by atoms with Crippen LogP contribution in [0.5, 0.6) is 5.88 Å². The van der Waals surface area contributed by atoms with Crippen molar-refractivity contribution < 1.29 is 13.2 Å². The zero-order valence-corrected chi connectivity index (χ0v) is 24.7. The van der Waals surface area contributed by atoms with Crippen LogP contribution in [0.1, 0.15) is 63.5 Å². The van der Waals surface area contributed by atoms with Crippen LogP contribution in [-0.2, 0) is 10.0 Å². The van der Waals surface area contributed by atoms with Crippen LogP contribution in [0.2, 0.25) is 0 Å². The first kappa shape index (κ1) is 27.1. The molecule has 40 heavy (non-hydrogen) atoms. The fraction of sp³-hybridized carbons (Fsp3) is 0.500. The van der Waals surface area contributed by atoms with E-state index in [1.807, 2.05) is 44.2 Å². The van der Waals surface area contributed by atoms with Crippen molar-refractivity contribution in [2.24, 2.45) is 23.2 Å². The molecule has 0 saturated heterocycles. The Morgan fingerprint density at radius 2 is 1.68 bits per heavy atom. The minimum absolute atomic E-state index is 0.00577. The predicted octanol–water partition coefficient (Wildman–Crippen LogP) is 6.98. The van der Waals surface area contributed by atoms with Crippen LogP contribution in [0, 0.1) is 37.0 Å². The van der Waals surface area contributed by atoms with Crippen LogP contribution in [0.25, 0.3) is 11.3 Å². The summed E-state index contributed by atoms with van der Waals surface area (Å²) < 4.78 is 36.2. The van der Waals surface area contributed by atoms with Gasteiger partial charge in [-0.1, -0.05) is 38.1 Å². The summed E-state index contributed by atoms with van der Waals surface area (Å²) in [6.45, 7) is 9.35. The number of rotatable bonds is 3. The lowest BCUT2D eigenvalue weighted by Gasteiger charge is -2.51. The van der Waals surface area contributed by atoms with Crippen molar-refractivity contribution in [3.63, 3.8) is 0 Å². The molecule has 0 spiro atoms. The summed E-state index contributed by atoms with van der Waals surface area (Å²) in [5, 5.41) is 3.53. The first-order chi connectivity index (χ1) is 19.1. The maximum absolute atomic E-state index is 13.4. The van der Waals surface area contributed by atoms with E-state index in [0.717, 1.165) is 47.6 Å². The number of aromatic nitrogens is 2. The van der Waals surface area contributed by atoms with E-state index >= 15 is 0 Å². The molecular weight excluding hydrogens is 520 g/mol. The molecule has 0 amide bonds. The molecule has 1 aromatic heterocycles. The maximum atomic E-state index is 13.4. The molecule has 2 fully saturated rings. The summed E-state index contributed by atoms with van der Waals surface area (Å²) in [6.07, 6.45) is 7.08. The van der Waals surface area contributed by atoms with Crippen LogP contribution >= 0.6 is 0 Å². The van der Waals surface area contributed by atoms with Gasteiger partial charge in [0, 0.05) is 22.7 Å². The highest BCUT2D eigenvalue weighted by molar-refractivity contribution is 7.92. The first-order valence-electron chi connectivity index (χ1n) is 14.6. The van der Waals surface area contributed by atoms with Crippen molar-refractivity contribution in [1.29, 1.82) is 0 Å². The van der Waals surface area contributed by atoms with Crippen LogP contribution in [0.15, 0.2) is 53.4 Å². The Morgan fingerprint density at radius 1 is 0.975 bits per heavy atom. The Balaban J connectivity index is 1.48. The number of nitrogens with one attached hydrogen (secondary N) is 2. The second kappa shape index (κ2) is 10.4. The van der Waals surface area contributed by atoms with E-state index in [-0.39, 0.29) is 22.4 Å². The van der Waals surface area contributed by atoms with Crippen molar-refractivity contribution in [1.82, 2.24) is 9.97 Å². The van der Waals surface area contributed by atoms with Gasteiger partial charge in [-0.3, -0.25) is 0 Å². The van der Waals surface area contributed by atoms with E-state index in [4.69, 9.17) is 9.72 Å². The van der Waals surface area contributed by atoms with E-state index < -0.39 is 10.0 Å². The minimum atomic E-state index is -3.90. The lowest BCUT2D eigenvalue weighted by molar-refractivity contribution is -0.0447. The zero-order valence-electron chi connectivity index (χ0n) is 23.9. The molecule has 0 radical (unpaired) electrons. The van der Waals surface area contributed by atoms with Crippen molar-refractivity contribution in [2.45, 2.75) is 77.2 Å². The van der Waals surface area contributed by atoms with Gasteiger partial charge in [0.15, 0.2) is 0 Å². The molecule has 6 rings (SSSR count). The molecule has 2 aliphatic carbocycles. The number of aryl methyl sites for hydroxylation is 2. The zero-order chi connectivity index (χ0) is 28.1. The highest BCUT2D eigenvalue weighted by Gasteiger charge is 2.48. The summed E-state index contributed by atoms with van der Waals surface area (Å²) in [6, 6.07) is 14.9. The third-order valence-electron chi connectivity index (χ3n) is 9.48. The molecule has 1 aliphatic heterocycles. The van der Waals surface area contributed by atoms with E-state index in [9.17, 15) is 8.42 Å². The fourth-order valence-corrected chi connectivity index (χ4v) is 8.80. The molecule has 2 aromatic carbocycles. The van der Waals surface area contributed by atoms with Gasteiger partial charge < -0.3 is 10.1 Å². The Bertz CT molecular complexity index is 1480. The van der Waals surface area contributed by atoms with E-state index in [2.05, 4.69) is 28.9 Å². The number of fused-ring (bicyclic) bond motifs is 6. The van der Waals surface area contributed by atoms with Crippen molar-refractivity contribution in [2.75, 3.05) is 16.6 Å². The summed E-state index contributed by atoms with van der Waals surface area (Å²) in [4.78, 5) is 9.49. The van der Waals surface area contributed by atoms with Gasteiger partial charge >= 0.3 is 0 Å². The van der Waals surface area contributed by atoms with Crippen LogP contribution < -0.4 is 14.8 Å². The van der Waals surface area contributed by atoms with Crippen LogP contribution in [0.3, 0.4) is 0 Å². The molecule has 3 aromatic rings. The SMILES string of the molecule is CCC1(C2CNc3cccc(c3)S(=O)(=O)Nc3nc(cc(-c4c(C)cccc4C)n3)O2)CC2CC(C)CC(C2)C1. The lowest BCUT2D eigenvalue weighted by atomic mass is 9.56. The predicted molar refractivity (Wildman–Crippen MR) is 159 cm³/mol. The number of anilines is 2. The van der Waals surface area contributed by atoms with Crippen molar-refractivity contribution in [3.8, 4) is 17.1 Å². The number of sulfonamides is 1. The molecule has 2 heterocycles. The van der Waals surface area contributed by atoms with Crippen LogP contribution in [0.4, 0.5) is 11.6 Å². The average Bonchev–Trinajstić information content (AvgIpc) is 2.89. The Labute approximate surface area is 238 Å². The molecule has 3 aliphatic rings. The summed E-state index contributed by atoms with van der Waals surface area (Å²) >= 11 is 0. The molecule has 2 saturated carbocycles. The van der Waals surface area contributed by atoms with Gasteiger partial charge in [-0.2, -0.15) is 4.98 Å². The monoisotopic (exact) mass is 560 g/mol. The smallest absolute Gasteiger partial charge is 0.264 e. The first-order valence-corrected chi connectivity index (χ1v) is 16.1. The summed E-state index contributed by atoms with van der Waals surface area (Å²) in [5.41, 5.74) is 4.50. The average molecular weight is 561 g/mol. The van der Waals surface area contributed by atoms with Crippen LogP contribution in [-0.4, -0.2) is 31.0 Å². The minimum Gasteiger partial charge on any atom is -0.472 e. The Kier molecular flexibility index (Phi) is 7.01. The molecule has 3 atom stereocenters. The summed E-state index contributed by atoms with van der Waals surface area (Å²) in [7, 11) is -3.90. The molecule has 7 nitrogen and oxygen atoms in total. The number of benzene rings is 2. The van der Waals surface area contributed by atoms with Gasteiger partial charge in [0.1, 0.15) is 6.10 Å². The highest BCUT2D eigenvalue weighted by Crippen LogP contribution is 2.54. The third-order valence-corrected chi connectivity index (χ3v) is 10.8. The van der Waals surface area contributed by atoms with Gasteiger partial charge in [-0.15, -0.1) is 0 Å². The molecular formula is C32H40N4O3S. The standard InChI is InChI=1S/C32H40N4O3S/c1-5-32(17-23-12-20(2)13-24(14-23)18-32)28-19-33-25-10-7-11-26(15-25)40(37,38)36-31-34-27(16-29(35-31)39-28)30-21(3)8-6-9-22(30)4/h6-11,15-16,20,23-24,28,33H,5,12-14,17-19H2,1-4H3,(H,34,35,36). The highest BCUT2D eigenvalue weighted by atomic mass is 32.2. The number of hydrogen-bond acceptors (Lipinski definition) is 6. The van der Waals surface area contributed by atoms with Gasteiger partial charge in [0.05, 0.1) is 17.1 Å². The van der Waals surface area contributed by atoms with Gasteiger partial charge in [0.2, 0.25) is 11.8 Å². The Morgan fingerprint density at radius 3 is 2.38 bits per heavy atom. The number of hydrogen-bond donors (Lipinski definition) is 2. The van der Waals surface area contributed by atoms with Gasteiger partial charge in [-0.05, 0) is 99.5 Å². The molecule has 8 heteroatoms. The summed E-state index contributed by atoms with van der Waals surface area (Å²) in [5.74, 6) is 2.64. The Hall–Kier alpha value is -3.13. The second-order valence-electron chi connectivity index (χ2n) is 12.5. The van der Waals surface area contributed by atoms with Crippen molar-refractivity contribution >= 4 is 21.7 Å². The number of ether oxygens (including phenoxy) is 1. The largest absolute Gasteiger partial charge is 0.472 e. The second-order valence-corrected chi connectivity index (χ2v) is 14.2. The fourth-order valence-electron chi connectivity index (χ4n) is 7.81. The molecule has 3 unspecified atom stereocenters. The van der Waals surface area contributed by atoms with Gasteiger partial charge in [0.25, 0.3) is 10.0 Å². The molecule has 2 N–H and O–H groups in total. The van der Waals surface area contributed by atoms with Gasteiger partial charge in [-0.25, -0.2) is 18.1 Å². The normalized spacial score (nSPS) is 29.1. The molecule has 212 valence electrons. The third kappa shape index (κ3) is 5.18. The van der Waals surface area contributed by atoms with Crippen molar-refractivity contribution in [3.05, 3.63) is 59.7 Å². The quantitative estimate of drug-likeness (QED) is 0.359.